The van der Waals surface area contributed by atoms with Crippen molar-refractivity contribution in [3.8, 4) is 5.88 Å². The summed E-state index contributed by atoms with van der Waals surface area (Å²) >= 11 is 0. The van der Waals surface area contributed by atoms with Crippen LogP contribution in [0.2, 0.25) is 0 Å². The molecule has 1 aromatic heterocycles. The molecule has 1 unspecified atom stereocenters. The Labute approximate surface area is 105 Å². The quantitative estimate of drug-likeness (QED) is 0.783. The maximum atomic E-state index is 5.79. The number of ether oxygens (including phenoxy) is 1. The molecule has 0 aliphatic heterocycles. The average molecular weight is 236 g/mol. The third-order valence-electron chi connectivity index (χ3n) is 2.40. The highest BCUT2D eigenvalue weighted by molar-refractivity contribution is 5.36. The number of hydrogen-bond acceptors (Lipinski definition) is 3. The molecule has 1 atom stereocenters. The topological polar surface area (TPSA) is 34.1 Å². The van der Waals surface area contributed by atoms with Gasteiger partial charge in [-0.25, -0.2) is 0 Å². The Bertz CT molecular complexity index is 326. The molecule has 0 spiro atoms. The molecular weight excluding hydrogens is 212 g/mol. The van der Waals surface area contributed by atoms with Crippen molar-refractivity contribution < 1.29 is 4.74 Å². The van der Waals surface area contributed by atoms with Gasteiger partial charge in [-0.1, -0.05) is 26.8 Å². The molecule has 0 radical (unpaired) electrons. The summed E-state index contributed by atoms with van der Waals surface area (Å²) in [5.74, 6) is 2.24. The minimum Gasteiger partial charge on any atom is -0.475 e. The molecule has 1 heterocycles. The molecule has 0 aliphatic rings. The average Bonchev–Trinajstić information content (AvgIpc) is 2.25. The fourth-order valence-electron chi connectivity index (χ4n) is 1.75. The molecule has 1 N–H and O–H groups in total. The highest BCUT2D eigenvalue weighted by Gasteiger charge is 2.07. The number of nitrogens with one attached hydrogen (secondary N) is 1. The summed E-state index contributed by atoms with van der Waals surface area (Å²) in [6, 6.07) is 5.85. The second-order valence-electron chi connectivity index (χ2n) is 4.85. The number of nitrogens with zero attached hydrogens (tertiary/aromatic N) is 1. The fraction of sp³-hybridized carbons (Fsp3) is 0.643. The molecule has 96 valence electrons. The zero-order chi connectivity index (χ0) is 12.7. The molecule has 1 rings (SSSR count). The van der Waals surface area contributed by atoms with Crippen molar-refractivity contribution in [2.45, 2.75) is 46.6 Å². The maximum absolute atomic E-state index is 5.79. The molecule has 0 aliphatic carbocycles. The Balaban J connectivity index is 2.52. The van der Waals surface area contributed by atoms with Gasteiger partial charge in [0.05, 0.1) is 6.10 Å². The van der Waals surface area contributed by atoms with E-state index < -0.39 is 0 Å². The van der Waals surface area contributed by atoms with E-state index in [0.29, 0.717) is 11.8 Å². The van der Waals surface area contributed by atoms with Crippen molar-refractivity contribution in [3.63, 3.8) is 0 Å². The monoisotopic (exact) mass is 236 g/mol. The van der Waals surface area contributed by atoms with Crippen LogP contribution in [0.25, 0.3) is 0 Å². The van der Waals surface area contributed by atoms with Gasteiger partial charge in [0, 0.05) is 12.6 Å². The summed E-state index contributed by atoms with van der Waals surface area (Å²) < 4.78 is 5.79. The van der Waals surface area contributed by atoms with Gasteiger partial charge in [0.15, 0.2) is 0 Å². The van der Waals surface area contributed by atoms with E-state index in [9.17, 15) is 0 Å². The van der Waals surface area contributed by atoms with Crippen molar-refractivity contribution in [3.05, 3.63) is 18.2 Å². The van der Waals surface area contributed by atoms with E-state index in [2.05, 4.69) is 38.0 Å². The van der Waals surface area contributed by atoms with Crippen molar-refractivity contribution in [1.29, 1.82) is 0 Å². The first kappa shape index (κ1) is 13.8. The Kier molecular flexibility index (Phi) is 5.81. The third kappa shape index (κ3) is 5.57. The van der Waals surface area contributed by atoms with E-state index in [1.807, 2.05) is 18.2 Å². The first-order chi connectivity index (χ1) is 8.11. The first-order valence-electron chi connectivity index (χ1n) is 6.49. The summed E-state index contributed by atoms with van der Waals surface area (Å²) in [4.78, 5) is 4.42. The smallest absolute Gasteiger partial charge is 0.215 e. The SMILES string of the molecule is CCCNc1cccc(OC(C)CC(C)C)n1. The van der Waals surface area contributed by atoms with Crippen LogP contribution in [0.4, 0.5) is 5.82 Å². The Morgan fingerprint density at radius 3 is 2.71 bits per heavy atom. The van der Waals surface area contributed by atoms with Crippen LogP contribution in [0.3, 0.4) is 0 Å². The summed E-state index contributed by atoms with van der Waals surface area (Å²) in [6.45, 7) is 9.57. The molecule has 0 fully saturated rings. The molecule has 0 bridgehead atoms. The van der Waals surface area contributed by atoms with Gasteiger partial charge >= 0.3 is 0 Å². The van der Waals surface area contributed by atoms with Gasteiger partial charge in [-0.2, -0.15) is 4.98 Å². The zero-order valence-electron chi connectivity index (χ0n) is 11.4. The number of anilines is 1. The van der Waals surface area contributed by atoms with E-state index in [1.54, 1.807) is 0 Å². The highest BCUT2D eigenvalue weighted by Crippen LogP contribution is 2.15. The van der Waals surface area contributed by atoms with Crippen LogP contribution < -0.4 is 10.1 Å². The number of pyridine rings is 1. The minimum atomic E-state index is 0.212. The van der Waals surface area contributed by atoms with Gasteiger partial charge in [-0.05, 0) is 31.7 Å². The first-order valence-corrected chi connectivity index (χ1v) is 6.49. The van der Waals surface area contributed by atoms with Crippen molar-refractivity contribution in [2.75, 3.05) is 11.9 Å². The summed E-state index contributed by atoms with van der Waals surface area (Å²) in [7, 11) is 0. The molecule has 3 nitrogen and oxygen atoms in total. The van der Waals surface area contributed by atoms with Crippen LogP contribution in [0.15, 0.2) is 18.2 Å². The molecular formula is C14H24N2O. The third-order valence-corrected chi connectivity index (χ3v) is 2.40. The van der Waals surface area contributed by atoms with Crippen LogP contribution in [-0.2, 0) is 0 Å². The summed E-state index contributed by atoms with van der Waals surface area (Å²) in [5, 5.41) is 3.26. The van der Waals surface area contributed by atoms with Gasteiger partial charge in [-0.3, -0.25) is 0 Å². The molecule has 17 heavy (non-hydrogen) atoms. The van der Waals surface area contributed by atoms with E-state index in [4.69, 9.17) is 4.74 Å². The molecule has 0 saturated carbocycles. The van der Waals surface area contributed by atoms with Gasteiger partial charge < -0.3 is 10.1 Å². The van der Waals surface area contributed by atoms with Gasteiger partial charge in [0.1, 0.15) is 5.82 Å². The van der Waals surface area contributed by atoms with Crippen LogP contribution >= 0.6 is 0 Å². The number of rotatable bonds is 7. The number of hydrogen-bond donors (Lipinski definition) is 1. The molecule has 0 aromatic carbocycles. The lowest BCUT2D eigenvalue weighted by Gasteiger charge is -2.16. The normalized spacial score (nSPS) is 12.5. The van der Waals surface area contributed by atoms with Crippen molar-refractivity contribution >= 4 is 5.82 Å². The van der Waals surface area contributed by atoms with E-state index >= 15 is 0 Å². The molecule has 0 saturated heterocycles. The molecule has 0 amide bonds. The van der Waals surface area contributed by atoms with Gasteiger partial charge in [0.2, 0.25) is 5.88 Å². The molecule has 1 aromatic rings. The predicted molar refractivity (Wildman–Crippen MR) is 72.6 cm³/mol. The largest absolute Gasteiger partial charge is 0.475 e. The van der Waals surface area contributed by atoms with E-state index in [-0.39, 0.29) is 6.10 Å². The summed E-state index contributed by atoms with van der Waals surface area (Å²) in [6.07, 6.45) is 2.36. The van der Waals surface area contributed by atoms with Crippen LogP contribution in [0.1, 0.15) is 40.5 Å². The predicted octanol–water partition coefficient (Wildman–Crippen LogP) is 3.72. The minimum absolute atomic E-state index is 0.212. The lowest BCUT2D eigenvalue weighted by molar-refractivity contribution is 0.186. The standard InChI is InChI=1S/C14H24N2O/c1-5-9-15-13-7-6-8-14(16-13)17-12(4)10-11(2)3/h6-8,11-12H,5,9-10H2,1-4H3,(H,15,16). The Hall–Kier alpha value is -1.25. The van der Waals surface area contributed by atoms with Gasteiger partial charge in [-0.15, -0.1) is 0 Å². The van der Waals surface area contributed by atoms with Gasteiger partial charge in [0.25, 0.3) is 0 Å². The van der Waals surface area contributed by atoms with Crippen LogP contribution in [-0.4, -0.2) is 17.6 Å². The van der Waals surface area contributed by atoms with E-state index in [1.165, 1.54) is 0 Å². The summed E-state index contributed by atoms with van der Waals surface area (Å²) in [5.41, 5.74) is 0. The second kappa shape index (κ2) is 7.15. The Morgan fingerprint density at radius 1 is 1.29 bits per heavy atom. The maximum Gasteiger partial charge on any atom is 0.215 e. The second-order valence-corrected chi connectivity index (χ2v) is 4.85. The van der Waals surface area contributed by atoms with Crippen LogP contribution in [0.5, 0.6) is 5.88 Å². The van der Waals surface area contributed by atoms with Crippen LogP contribution in [0, 0.1) is 5.92 Å². The zero-order valence-corrected chi connectivity index (χ0v) is 11.4. The van der Waals surface area contributed by atoms with E-state index in [0.717, 1.165) is 25.2 Å². The lowest BCUT2D eigenvalue weighted by atomic mass is 10.1. The molecule has 3 heteroatoms. The lowest BCUT2D eigenvalue weighted by Crippen LogP contribution is -2.15. The Morgan fingerprint density at radius 2 is 2.06 bits per heavy atom. The highest BCUT2D eigenvalue weighted by atomic mass is 16.5. The van der Waals surface area contributed by atoms with Crippen molar-refractivity contribution in [2.24, 2.45) is 5.92 Å². The number of aromatic nitrogens is 1. The van der Waals surface area contributed by atoms with Crippen molar-refractivity contribution in [1.82, 2.24) is 4.98 Å². The fourth-order valence-corrected chi connectivity index (χ4v) is 1.75.